The number of aliphatic hydroxyl groups excluding tert-OH is 1. The van der Waals surface area contributed by atoms with Crippen LogP contribution >= 0.6 is 0 Å². The molecule has 2 aromatic carbocycles. The average molecular weight is 675 g/mol. The lowest BCUT2D eigenvalue weighted by Gasteiger charge is -2.55. The topological polar surface area (TPSA) is 147 Å². The summed E-state index contributed by atoms with van der Waals surface area (Å²) in [4.78, 5) is 26.3. The molecule has 2 bridgehead atoms. The van der Waals surface area contributed by atoms with Crippen molar-refractivity contribution in [2.24, 2.45) is 17.6 Å². The first-order chi connectivity index (χ1) is 21.3. The predicted octanol–water partition coefficient (Wildman–Crippen LogP) is -3.28. The molecule has 8 rings (SSSR count). The molecule has 250 valence electrons. The molecule has 12 nitrogen and oxygen atoms in total. The zero-order valence-corrected chi connectivity index (χ0v) is 28.1. The second kappa shape index (κ2) is 11.3. The Morgan fingerprint density at radius 1 is 1.11 bits per heavy atom. The molecular weight excluding hydrogens is 632 g/mol. The third kappa shape index (κ3) is 4.73. The van der Waals surface area contributed by atoms with Gasteiger partial charge < -0.3 is 47.0 Å². The second-order valence-corrected chi connectivity index (χ2v) is 15.8. The number of nitrogens with two attached hydrogens (primary N) is 1. The molecule has 6 heterocycles. The molecule has 6 aliphatic rings. The van der Waals surface area contributed by atoms with Crippen LogP contribution < -0.4 is 31.9 Å². The van der Waals surface area contributed by atoms with Gasteiger partial charge >= 0.3 is 10.2 Å². The standard InChI is InChI=1S/C32H43N6O6S.ClH/c1-20-25(30(32(41)42)36-28(20)27(21(2)39)31(36)40)18-35-26-8-7-23-6-5-22(17-24(23)29(26)34(3)45(35,43)44)19-38-14-11-37(12-15-38,13-16-38)10-4-9-33;/h5-8,17,20-21,27-28,39H,4,9-16,18-19,33H2,1-3H3;1H/q+1;/p-1/t20-,21+,27+,28+,37?,38?;/m0./s1. The highest BCUT2D eigenvalue weighted by molar-refractivity contribution is 7.94. The molecule has 3 N–H and O–H groups in total. The fraction of sp³-hybridized carbons (Fsp3) is 0.562. The van der Waals surface area contributed by atoms with Gasteiger partial charge in [0.25, 0.3) is 0 Å². The summed E-state index contributed by atoms with van der Waals surface area (Å²) in [5.74, 6) is -3.22. The smallest absolute Gasteiger partial charge is 0.326 e. The van der Waals surface area contributed by atoms with Crippen molar-refractivity contribution in [1.29, 1.82) is 0 Å². The van der Waals surface area contributed by atoms with E-state index in [0.29, 0.717) is 16.9 Å². The molecule has 0 radical (unpaired) electrons. The fourth-order valence-electron chi connectivity index (χ4n) is 8.85. The van der Waals surface area contributed by atoms with Crippen LogP contribution in [-0.4, -0.2) is 117 Å². The molecule has 0 aliphatic carbocycles. The number of benzene rings is 2. The van der Waals surface area contributed by atoms with Crippen molar-refractivity contribution in [2.75, 3.05) is 74.6 Å². The number of aliphatic hydroxyl groups is 1. The van der Waals surface area contributed by atoms with E-state index in [0.717, 1.165) is 60.9 Å². The Bertz CT molecular complexity index is 1720. The highest BCUT2D eigenvalue weighted by Crippen LogP contribution is 2.50. The van der Waals surface area contributed by atoms with Crippen LogP contribution in [0.3, 0.4) is 0 Å². The van der Waals surface area contributed by atoms with Gasteiger partial charge in [-0.05, 0) is 36.6 Å². The van der Waals surface area contributed by atoms with Crippen molar-refractivity contribution in [3.63, 3.8) is 0 Å². The molecule has 0 unspecified atom stereocenters. The number of quaternary nitrogens is 2. The first-order valence-electron chi connectivity index (χ1n) is 16.0. The number of nitrogens with zero attached hydrogens (tertiary/aromatic N) is 5. The number of carbonyl (C=O) groups is 2. The zero-order chi connectivity index (χ0) is 32.1. The van der Waals surface area contributed by atoms with E-state index in [1.807, 2.05) is 6.07 Å². The number of aliphatic carboxylic acids is 1. The van der Waals surface area contributed by atoms with E-state index < -0.39 is 46.1 Å². The zero-order valence-electron chi connectivity index (χ0n) is 26.6. The summed E-state index contributed by atoms with van der Waals surface area (Å²) in [5, 5.41) is 24.3. The monoisotopic (exact) mass is 674 g/mol. The summed E-state index contributed by atoms with van der Waals surface area (Å²) < 4.78 is 32.6. The van der Waals surface area contributed by atoms with E-state index in [4.69, 9.17) is 5.73 Å². The molecule has 0 spiro atoms. The van der Waals surface area contributed by atoms with Crippen LogP contribution in [0.5, 0.6) is 0 Å². The Hall–Kier alpha value is -2.94. The molecule has 4 atom stereocenters. The summed E-state index contributed by atoms with van der Waals surface area (Å²) in [5.41, 5.74) is 8.03. The van der Waals surface area contributed by atoms with Gasteiger partial charge in [-0.1, -0.05) is 25.1 Å². The van der Waals surface area contributed by atoms with Crippen LogP contribution in [0.25, 0.3) is 10.8 Å². The van der Waals surface area contributed by atoms with Gasteiger partial charge in [0, 0.05) is 30.3 Å². The van der Waals surface area contributed by atoms with E-state index >= 15 is 0 Å². The van der Waals surface area contributed by atoms with Crippen molar-refractivity contribution in [3.8, 4) is 0 Å². The maximum Gasteiger partial charge on any atom is 0.326 e. The first-order valence-corrected chi connectivity index (χ1v) is 17.4. The van der Waals surface area contributed by atoms with Gasteiger partial charge in [-0.3, -0.25) is 9.10 Å². The van der Waals surface area contributed by atoms with Crippen LogP contribution in [0.2, 0.25) is 0 Å². The first kappa shape index (κ1) is 33.0. The van der Waals surface area contributed by atoms with Gasteiger partial charge in [-0.15, -0.1) is 0 Å². The molecule has 1 amide bonds. The highest BCUT2D eigenvalue weighted by atomic mass is 35.5. The Labute approximate surface area is 276 Å². The second-order valence-electron chi connectivity index (χ2n) is 13.9. The van der Waals surface area contributed by atoms with E-state index in [1.165, 1.54) is 57.2 Å². The number of carboxylic acid groups (broad SMARTS) is 1. The van der Waals surface area contributed by atoms with Gasteiger partial charge in [0.1, 0.15) is 45.8 Å². The van der Waals surface area contributed by atoms with E-state index in [9.17, 15) is 28.2 Å². The minimum Gasteiger partial charge on any atom is -1.00 e. The summed E-state index contributed by atoms with van der Waals surface area (Å²) in [7, 11) is -2.52. The van der Waals surface area contributed by atoms with Crippen LogP contribution in [0.4, 0.5) is 11.4 Å². The molecule has 0 aromatic heterocycles. The molecule has 4 saturated heterocycles. The number of rotatable bonds is 9. The fourth-order valence-corrected chi connectivity index (χ4v) is 10.3. The molecule has 4 fully saturated rings. The number of fused-ring (bicyclic) bond motifs is 7. The van der Waals surface area contributed by atoms with Crippen LogP contribution in [-0.2, 0) is 26.3 Å². The van der Waals surface area contributed by atoms with Crippen molar-refractivity contribution in [3.05, 3.63) is 47.2 Å². The lowest BCUT2D eigenvalue weighted by atomic mass is 9.78. The number of halogens is 1. The van der Waals surface area contributed by atoms with Gasteiger partial charge in [0.05, 0.1) is 54.2 Å². The van der Waals surface area contributed by atoms with Gasteiger partial charge in [-0.2, -0.15) is 8.42 Å². The van der Waals surface area contributed by atoms with Gasteiger partial charge in [-0.25, -0.2) is 4.31 Å². The lowest BCUT2D eigenvalue weighted by molar-refractivity contribution is -1.09. The molecular formula is C32H43ClN6O6S. The SMILES string of the molecule is C[C@@H](O)[C@H]1C(=O)N2C(C(=O)[O-])=C(CN3c4ccc5ccc(C[N+]67CC[N+](CCCN)(CC6)CC7)cc5c4N(C)S3(=O)=O)[C@H](C)[C@H]12.[Cl-]. The third-order valence-corrected chi connectivity index (χ3v) is 13.3. The van der Waals surface area contributed by atoms with E-state index in [2.05, 4.69) is 18.2 Å². The Morgan fingerprint density at radius 2 is 1.74 bits per heavy atom. The lowest BCUT2D eigenvalue weighted by Crippen LogP contribution is -3.00. The highest BCUT2D eigenvalue weighted by Gasteiger charge is 2.59. The number of anilines is 2. The number of carboxylic acids is 1. The Morgan fingerprint density at radius 3 is 2.35 bits per heavy atom. The molecule has 14 heteroatoms. The van der Waals surface area contributed by atoms with Crippen LogP contribution in [0.1, 0.15) is 25.8 Å². The number of carbonyl (C=O) groups excluding carboxylic acids is 2. The minimum atomic E-state index is -4.05. The van der Waals surface area contributed by atoms with Gasteiger partial charge in [0.15, 0.2) is 0 Å². The summed E-state index contributed by atoms with van der Waals surface area (Å²) in [6, 6.07) is 9.46. The van der Waals surface area contributed by atoms with Crippen molar-refractivity contribution in [2.45, 2.75) is 39.0 Å². The van der Waals surface area contributed by atoms with Crippen molar-refractivity contribution < 1.29 is 49.6 Å². The number of amides is 1. The molecule has 0 saturated carbocycles. The summed E-state index contributed by atoms with van der Waals surface area (Å²) in [6.07, 6.45) is 0.109. The van der Waals surface area contributed by atoms with Crippen LogP contribution in [0, 0.1) is 11.8 Å². The summed E-state index contributed by atoms with van der Waals surface area (Å²) in [6.45, 7) is 12.7. The number of hydrogen-bond acceptors (Lipinski definition) is 7. The molecule has 2 aromatic rings. The van der Waals surface area contributed by atoms with E-state index in [1.54, 1.807) is 13.0 Å². The predicted molar refractivity (Wildman–Crippen MR) is 168 cm³/mol. The van der Waals surface area contributed by atoms with Crippen molar-refractivity contribution >= 4 is 44.2 Å². The largest absolute Gasteiger partial charge is 1.00 e. The van der Waals surface area contributed by atoms with Crippen molar-refractivity contribution in [1.82, 2.24) is 4.90 Å². The number of hydrogen-bond donors (Lipinski definition) is 2. The Balaban J connectivity index is 0.00000372. The maximum absolute atomic E-state index is 13.9. The number of β-lactam (4-membered cyclic amide) rings is 1. The van der Waals surface area contributed by atoms with Gasteiger partial charge in [0.2, 0.25) is 5.91 Å². The third-order valence-electron chi connectivity index (χ3n) is 11.6. The number of piperazine rings is 3. The maximum atomic E-state index is 13.9. The average Bonchev–Trinajstić information content (AvgIpc) is 3.37. The van der Waals surface area contributed by atoms with E-state index in [-0.39, 0.29) is 24.6 Å². The molecule has 46 heavy (non-hydrogen) atoms. The Kier molecular flexibility index (Phi) is 8.13. The summed E-state index contributed by atoms with van der Waals surface area (Å²) >= 11 is 0. The molecule has 6 aliphatic heterocycles. The normalized spacial score (nSPS) is 31.5. The minimum absolute atomic E-state index is 0. The quantitative estimate of drug-likeness (QED) is 0.210. The van der Waals surface area contributed by atoms with Crippen LogP contribution in [0.15, 0.2) is 41.6 Å².